The molecule has 3 heterocycles. The maximum atomic E-state index is 13.8. The van der Waals surface area contributed by atoms with Crippen LogP contribution in [-0.2, 0) is 30.8 Å². The monoisotopic (exact) mass is 609 g/mol. The molecule has 1 unspecified atom stereocenters. The SMILES string of the molecule is CCn1cc(S(=O)(=O)N2CC(CNC(=O)C3COC3)Oc3ccc(NC(=O)OC(C)(C)C(F)(F)F)cc32)c(Cl)n1. The summed E-state index contributed by atoms with van der Waals surface area (Å²) in [6.07, 6.45) is -5.78. The third kappa shape index (κ3) is 6.07. The summed E-state index contributed by atoms with van der Waals surface area (Å²) in [5.74, 6) is -0.484. The average Bonchev–Trinajstić information content (AvgIpc) is 3.21. The fraction of sp³-hybridized carbons (Fsp3) is 0.522. The molecule has 12 nitrogen and oxygen atoms in total. The van der Waals surface area contributed by atoms with Crippen LogP contribution >= 0.6 is 11.6 Å². The van der Waals surface area contributed by atoms with Gasteiger partial charge in [-0.15, -0.1) is 0 Å². The molecule has 2 aliphatic rings. The normalized spacial score (nSPS) is 17.9. The molecule has 0 bridgehead atoms. The Morgan fingerprint density at radius 3 is 2.52 bits per heavy atom. The lowest BCUT2D eigenvalue weighted by Gasteiger charge is -2.36. The van der Waals surface area contributed by atoms with Gasteiger partial charge in [0.05, 0.1) is 37.9 Å². The average molecular weight is 610 g/mol. The zero-order chi connectivity index (χ0) is 29.5. The van der Waals surface area contributed by atoms with Gasteiger partial charge in [-0.25, -0.2) is 13.2 Å². The maximum absolute atomic E-state index is 13.8. The van der Waals surface area contributed by atoms with Crippen molar-refractivity contribution in [3.8, 4) is 5.75 Å². The predicted octanol–water partition coefficient (Wildman–Crippen LogP) is 3.16. The molecular weight excluding hydrogens is 583 g/mol. The lowest BCUT2D eigenvalue weighted by atomic mass is 10.1. The molecule has 2 N–H and O–H groups in total. The summed E-state index contributed by atoms with van der Waals surface area (Å²) < 4.78 is 84.7. The summed E-state index contributed by atoms with van der Waals surface area (Å²) in [6.45, 7) is 3.77. The molecule has 1 fully saturated rings. The molecule has 0 aliphatic carbocycles. The van der Waals surface area contributed by atoms with Gasteiger partial charge in [0.25, 0.3) is 10.0 Å². The van der Waals surface area contributed by atoms with E-state index in [4.69, 9.17) is 21.1 Å². The van der Waals surface area contributed by atoms with E-state index in [1.807, 2.05) is 0 Å². The molecule has 1 saturated heterocycles. The number of carbonyl (C=O) groups is 2. The first-order chi connectivity index (χ1) is 18.6. The molecule has 4 rings (SSSR count). The minimum Gasteiger partial charge on any atom is -0.484 e. The van der Waals surface area contributed by atoms with Gasteiger partial charge < -0.3 is 19.5 Å². The van der Waals surface area contributed by atoms with Gasteiger partial charge in [-0.1, -0.05) is 11.6 Å². The zero-order valence-corrected chi connectivity index (χ0v) is 23.2. The number of anilines is 2. The van der Waals surface area contributed by atoms with E-state index in [9.17, 15) is 31.2 Å². The Balaban J connectivity index is 1.63. The molecular formula is C23H27ClF3N5O7S. The highest BCUT2D eigenvalue weighted by atomic mass is 35.5. The van der Waals surface area contributed by atoms with Crippen LogP contribution in [0.25, 0.3) is 0 Å². The number of sulfonamides is 1. The lowest BCUT2D eigenvalue weighted by molar-refractivity contribution is -0.242. The lowest BCUT2D eigenvalue weighted by Crippen LogP contribution is -2.50. The first-order valence-corrected chi connectivity index (χ1v) is 13.9. The summed E-state index contributed by atoms with van der Waals surface area (Å²) in [5.41, 5.74) is -2.86. The van der Waals surface area contributed by atoms with Crippen LogP contribution in [0.1, 0.15) is 20.8 Å². The number of benzene rings is 1. The van der Waals surface area contributed by atoms with Gasteiger partial charge in [0.1, 0.15) is 16.7 Å². The van der Waals surface area contributed by atoms with E-state index in [-0.39, 0.29) is 52.1 Å². The summed E-state index contributed by atoms with van der Waals surface area (Å²) in [5, 5.41) is 8.62. The molecule has 0 saturated carbocycles. The van der Waals surface area contributed by atoms with Crippen molar-refractivity contribution in [1.82, 2.24) is 15.1 Å². The Bertz CT molecular complexity index is 1400. The van der Waals surface area contributed by atoms with Crippen molar-refractivity contribution < 1.29 is 45.4 Å². The largest absolute Gasteiger partial charge is 0.484 e. The molecule has 0 spiro atoms. The Morgan fingerprint density at radius 1 is 1.25 bits per heavy atom. The molecule has 220 valence electrons. The first-order valence-electron chi connectivity index (χ1n) is 12.1. The molecule has 2 amide bonds. The third-order valence-corrected chi connectivity index (χ3v) is 8.43. The second kappa shape index (κ2) is 11.0. The number of nitrogens with one attached hydrogen (secondary N) is 2. The van der Waals surface area contributed by atoms with E-state index in [1.54, 1.807) is 6.92 Å². The summed E-state index contributed by atoms with van der Waals surface area (Å²) in [4.78, 5) is 24.2. The van der Waals surface area contributed by atoms with Crippen molar-refractivity contribution in [2.24, 2.45) is 5.92 Å². The van der Waals surface area contributed by atoms with Gasteiger partial charge in [-0.05, 0) is 39.0 Å². The summed E-state index contributed by atoms with van der Waals surface area (Å²) in [6, 6.07) is 3.86. The number of ether oxygens (including phenoxy) is 3. The van der Waals surface area contributed by atoms with Crippen LogP contribution in [0, 0.1) is 5.92 Å². The second-order valence-electron chi connectivity index (χ2n) is 9.60. The van der Waals surface area contributed by atoms with E-state index in [1.165, 1.54) is 29.1 Å². The fourth-order valence-corrected chi connectivity index (χ4v) is 5.68. The van der Waals surface area contributed by atoms with Crippen molar-refractivity contribution in [1.29, 1.82) is 0 Å². The smallest absolute Gasteiger partial charge is 0.427 e. The quantitative estimate of drug-likeness (QED) is 0.465. The molecule has 17 heteroatoms. The highest BCUT2D eigenvalue weighted by Gasteiger charge is 2.51. The van der Waals surface area contributed by atoms with Crippen molar-refractivity contribution in [2.75, 3.05) is 35.9 Å². The third-order valence-electron chi connectivity index (χ3n) is 6.26. The number of aromatic nitrogens is 2. The molecule has 2 aromatic rings. The van der Waals surface area contributed by atoms with Crippen LogP contribution < -0.4 is 19.7 Å². The zero-order valence-electron chi connectivity index (χ0n) is 21.6. The van der Waals surface area contributed by atoms with Crippen molar-refractivity contribution >= 4 is 45.0 Å². The molecule has 1 aromatic carbocycles. The molecule has 2 aliphatic heterocycles. The van der Waals surface area contributed by atoms with E-state index >= 15 is 0 Å². The standard InChI is InChI=1S/C23H27ClF3N5O7S/c1-4-31-10-18(19(24)30-31)40(35,36)32-9-15(8-28-20(33)13-11-37-12-13)38-17-6-5-14(7-16(17)32)29-21(34)39-22(2,3)23(25,26)27/h5-7,10,13,15H,4,8-9,11-12H2,1-3H3,(H,28,33)(H,29,34). The van der Waals surface area contributed by atoms with Crippen LogP contribution in [0.3, 0.4) is 0 Å². The van der Waals surface area contributed by atoms with Crippen LogP contribution in [0.15, 0.2) is 29.3 Å². The van der Waals surface area contributed by atoms with Crippen molar-refractivity contribution in [3.05, 3.63) is 29.5 Å². The van der Waals surface area contributed by atoms with E-state index < -0.39 is 34.0 Å². The van der Waals surface area contributed by atoms with Gasteiger partial charge >= 0.3 is 12.3 Å². The van der Waals surface area contributed by atoms with Crippen molar-refractivity contribution in [2.45, 2.75) is 50.1 Å². The number of hydrogen-bond acceptors (Lipinski definition) is 8. The second-order valence-corrected chi connectivity index (χ2v) is 11.8. The van der Waals surface area contributed by atoms with Crippen LogP contribution in [-0.4, -0.2) is 74.4 Å². The van der Waals surface area contributed by atoms with Crippen molar-refractivity contribution in [3.63, 3.8) is 0 Å². The molecule has 1 aromatic heterocycles. The summed E-state index contributed by atoms with van der Waals surface area (Å²) >= 11 is 6.15. The first kappa shape index (κ1) is 29.7. The van der Waals surface area contributed by atoms with Gasteiger partial charge in [0.15, 0.2) is 5.15 Å². The van der Waals surface area contributed by atoms with Gasteiger partial charge in [-0.3, -0.25) is 19.1 Å². The van der Waals surface area contributed by atoms with Gasteiger partial charge in [0.2, 0.25) is 11.5 Å². The molecule has 40 heavy (non-hydrogen) atoms. The van der Waals surface area contributed by atoms with Gasteiger partial charge in [0, 0.05) is 18.4 Å². The number of halogens is 4. The number of hydrogen-bond donors (Lipinski definition) is 2. The fourth-order valence-electron chi connectivity index (χ4n) is 3.74. The minimum absolute atomic E-state index is 0.0248. The number of fused-ring (bicyclic) bond motifs is 1. The highest BCUT2D eigenvalue weighted by molar-refractivity contribution is 7.93. The number of alkyl halides is 3. The molecule has 1 atom stereocenters. The minimum atomic E-state index is -4.82. The van der Waals surface area contributed by atoms with Crippen LogP contribution in [0.5, 0.6) is 5.75 Å². The number of amides is 2. The molecule has 0 radical (unpaired) electrons. The Kier molecular flexibility index (Phi) is 8.15. The Hall–Kier alpha value is -3.24. The number of carbonyl (C=O) groups excluding carboxylic acids is 2. The van der Waals surface area contributed by atoms with Crippen LogP contribution in [0.4, 0.5) is 29.3 Å². The number of rotatable bonds is 8. The highest BCUT2D eigenvalue weighted by Crippen LogP contribution is 2.40. The number of aryl methyl sites for hydroxylation is 1. The topological polar surface area (TPSA) is 141 Å². The Morgan fingerprint density at radius 2 is 1.95 bits per heavy atom. The van der Waals surface area contributed by atoms with E-state index in [0.717, 1.165) is 4.31 Å². The summed E-state index contributed by atoms with van der Waals surface area (Å²) in [7, 11) is -4.36. The van der Waals surface area contributed by atoms with E-state index in [2.05, 4.69) is 20.5 Å². The maximum Gasteiger partial charge on any atom is 0.427 e. The van der Waals surface area contributed by atoms with Crippen LogP contribution in [0.2, 0.25) is 5.15 Å². The predicted molar refractivity (Wildman–Crippen MR) is 136 cm³/mol. The Labute approximate surface area is 232 Å². The van der Waals surface area contributed by atoms with E-state index in [0.29, 0.717) is 33.6 Å². The van der Waals surface area contributed by atoms with Gasteiger partial charge in [-0.2, -0.15) is 18.3 Å². The number of nitrogens with zero attached hydrogens (tertiary/aromatic N) is 3.